The van der Waals surface area contributed by atoms with Gasteiger partial charge in [-0.25, -0.2) is 0 Å². The van der Waals surface area contributed by atoms with Gasteiger partial charge in [0.25, 0.3) is 0 Å². The second-order valence-corrected chi connectivity index (χ2v) is 16.1. The van der Waals surface area contributed by atoms with Crippen LogP contribution in [0.3, 0.4) is 0 Å². The Hall–Kier alpha value is -7.18. The molecule has 276 valence electrons. The maximum Gasteiger partial charge on any atom is 0.197 e. The molecule has 0 radical (unpaired) electrons. The standard InChI is InChI=1S/C52H34N2O4/c55-49-35-12-4-6-18-43(35)53-45-22-20-30(27-41(45)51(57)39-16-8-14-37(49)47(39)53)33-24-32(29-10-2-1-3-11-29)25-34(26-33)31-21-23-46-42(28-31)52(58)40-17-9-15-38-48(40)54(46)44-19-7-5-13-36(44)50(38)56/h4-9,12-29H,1-3,10-11H2. The van der Waals surface area contributed by atoms with Crippen LogP contribution in [-0.4, -0.2) is 8.80 Å². The molecule has 0 atom stereocenters. The van der Waals surface area contributed by atoms with Crippen LogP contribution in [0.4, 0.5) is 0 Å². The molecule has 1 aliphatic carbocycles. The minimum absolute atomic E-state index is 0.0719. The second kappa shape index (κ2) is 12.2. The summed E-state index contributed by atoms with van der Waals surface area (Å²) in [6, 6.07) is 45.1. The van der Waals surface area contributed by atoms with Crippen LogP contribution in [-0.2, 0) is 0 Å². The predicted octanol–water partition coefficient (Wildman–Crippen LogP) is 10.8. The lowest BCUT2D eigenvalue weighted by molar-refractivity contribution is 0.444. The van der Waals surface area contributed by atoms with Crippen molar-refractivity contribution in [3.05, 3.63) is 186 Å². The molecule has 1 saturated carbocycles. The number of pyridine rings is 4. The van der Waals surface area contributed by atoms with Crippen LogP contribution in [0.2, 0.25) is 0 Å². The Balaban J connectivity index is 1.11. The summed E-state index contributed by atoms with van der Waals surface area (Å²) in [6.07, 6.45) is 5.85. The van der Waals surface area contributed by atoms with E-state index in [0.717, 1.165) is 57.2 Å². The number of fused-ring (bicyclic) bond motifs is 8. The second-order valence-electron chi connectivity index (χ2n) is 16.1. The van der Waals surface area contributed by atoms with Gasteiger partial charge in [0.1, 0.15) is 0 Å². The highest BCUT2D eigenvalue weighted by Gasteiger charge is 2.22. The molecule has 4 aromatic heterocycles. The third-order valence-corrected chi connectivity index (χ3v) is 12.9. The molecular formula is C52H34N2O4. The molecule has 6 heteroatoms. The Labute approximate surface area is 330 Å². The third-order valence-electron chi connectivity index (χ3n) is 12.9. The van der Waals surface area contributed by atoms with Gasteiger partial charge in [0.15, 0.2) is 21.7 Å². The van der Waals surface area contributed by atoms with Gasteiger partial charge in [0.2, 0.25) is 0 Å². The molecule has 1 aliphatic rings. The first-order valence-corrected chi connectivity index (χ1v) is 20.1. The number of para-hydroxylation sites is 4. The number of nitrogens with zero attached hydrogens (tertiary/aromatic N) is 2. The van der Waals surface area contributed by atoms with E-state index in [-0.39, 0.29) is 21.7 Å². The SMILES string of the molecule is O=c1c2ccccc2n2c3ccc(-c4cc(-c5ccc6c(c5)c(=O)c5cccc7c(=O)c8ccccc8n6c75)cc(C5CCCCC5)c4)cc3c(=O)c3cccc1c32. The van der Waals surface area contributed by atoms with Crippen molar-refractivity contribution in [2.24, 2.45) is 0 Å². The van der Waals surface area contributed by atoms with E-state index >= 15 is 0 Å². The summed E-state index contributed by atoms with van der Waals surface area (Å²) in [6.45, 7) is 0. The van der Waals surface area contributed by atoms with E-state index in [0.29, 0.717) is 60.0 Å². The molecule has 1 fully saturated rings. The van der Waals surface area contributed by atoms with E-state index in [4.69, 9.17) is 0 Å². The average Bonchev–Trinajstić information content (AvgIpc) is 3.28. The molecule has 11 aromatic rings. The molecule has 58 heavy (non-hydrogen) atoms. The molecule has 0 aliphatic heterocycles. The highest BCUT2D eigenvalue weighted by Crippen LogP contribution is 2.39. The zero-order valence-corrected chi connectivity index (χ0v) is 31.4. The molecule has 4 heterocycles. The van der Waals surface area contributed by atoms with Crippen LogP contribution < -0.4 is 21.7 Å². The van der Waals surface area contributed by atoms with E-state index in [9.17, 15) is 19.2 Å². The predicted molar refractivity (Wildman–Crippen MR) is 238 cm³/mol. The van der Waals surface area contributed by atoms with Crippen molar-refractivity contribution < 1.29 is 0 Å². The molecule has 6 nitrogen and oxygen atoms in total. The maximum absolute atomic E-state index is 14.4. The van der Waals surface area contributed by atoms with Gasteiger partial charge in [0.05, 0.1) is 33.1 Å². The lowest BCUT2D eigenvalue weighted by atomic mass is 9.82. The quantitative estimate of drug-likeness (QED) is 0.133. The molecule has 0 spiro atoms. The first-order valence-electron chi connectivity index (χ1n) is 20.1. The number of rotatable bonds is 3. The topological polar surface area (TPSA) is 77.1 Å². The Morgan fingerprint density at radius 2 is 0.741 bits per heavy atom. The van der Waals surface area contributed by atoms with Crippen molar-refractivity contribution in [2.75, 3.05) is 0 Å². The maximum atomic E-state index is 14.4. The van der Waals surface area contributed by atoms with Gasteiger partial charge in [-0.3, -0.25) is 19.2 Å². The average molecular weight is 751 g/mol. The fourth-order valence-corrected chi connectivity index (χ4v) is 10.2. The summed E-state index contributed by atoms with van der Waals surface area (Å²) in [5.41, 5.74) is 9.15. The molecule has 7 aromatic carbocycles. The Bertz CT molecular complexity index is 3580. The van der Waals surface area contributed by atoms with Crippen LogP contribution in [0.1, 0.15) is 43.6 Å². The normalized spacial score (nSPS) is 14.1. The summed E-state index contributed by atoms with van der Waals surface area (Å²) in [4.78, 5) is 56.0. The number of aromatic nitrogens is 2. The van der Waals surface area contributed by atoms with Crippen LogP contribution in [0.15, 0.2) is 159 Å². The van der Waals surface area contributed by atoms with Gasteiger partial charge in [0, 0.05) is 43.1 Å². The van der Waals surface area contributed by atoms with Crippen LogP contribution in [0.25, 0.3) is 98.4 Å². The summed E-state index contributed by atoms with van der Waals surface area (Å²) >= 11 is 0. The zero-order chi connectivity index (χ0) is 38.8. The van der Waals surface area contributed by atoms with Gasteiger partial charge in [-0.15, -0.1) is 0 Å². The van der Waals surface area contributed by atoms with Gasteiger partial charge in [-0.05, 0) is 125 Å². The summed E-state index contributed by atoms with van der Waals surface area (Å²) in [5.74, 6) is 0.409. The Kier molecular flexibility index (Phi) is 6.92. The monoisotopic (exact) mass is 750 g/mol. The molecule has 0 bridgehead atoms. The van der Waals surface area contributed by atoms with Crippen molar-refractivity contribution in [1.29, 1.82) is 0 Å². The number of hydrogen-bond acceptors (Lipinski definition) is 4. The summed E-state index contributed by atoms with van der Waals surface area (Å²) < 4.78 is 4.15. The van der Waals surface area contributed by atoms with Gasteiger partial charge in [-0.2, -0.15) is 0 Å². The minimum Gasteiger partial charge on any atom is -0.308 e. The Morgan fingerprint density at radius 3 is 1.21 bits per heavy atom. The van der Waals surface area contributed by atoms with Crippen molar-refractivity contribution in [3.8, 4) is 22.3 Å². The lowest BCUT2D eigenvalue weighted by Gasteiger charge is -2.24. The van der Waals surface area contributed by atoms with Gasteiger partial charge < -0.3 is 8.80 Å². The molecule has 0 saturated heterocycles. The summed E-state index contributed by atoms with van der Waals surface area (Å²) in [7, 11) is 0. The van der Waals surface area contributed by atoms with Crippen LogP contribution in [0, 0.1) is 0 Å². The fraction of sp³-hybridized carbons (Fsp3) is 0.115. The van der Waals surface area contributed by atoms with Gasteiger partial charge in [-0.1, -0.05) is 79.9 Å². The van der Waals surface area contributed by atoms with E-state index in [1.165, 1.54) is 24.8 Å². The first kappa shape index (κ1) is 33.0. The molecule has 12 rings (SSSR count). The van der Waals surface area contributed by atoms with E-state index < -0.39 is 0 Å². The molecule has 0 unspecified atom stereocenters. The van der Waals surface area contributed by atoms with E-state index in [1.54, 1.807) is 12.1 Å². The van der Waals surface area contributed by atoms with Gasteiger partial charge >= 0.3 is 0 Å². The highest BCUT2D eigenvalue weighted by molar-refractivity contribution is 6.09. The highest BCUT2D eigenvalue weighted by atomic mass is 16.1. The third kappa shape index (κ3) is 4.54. The fourth-order valence-electron chi connectivity index (χ4n) is 10.2. The van der Waals surface area contributed by atoms with Crippen molar-refractivity contribution in [3.63, 3.8) is 0 Å². The largest absolute Gasteiger partial charge is 0.308 e. The molecule has 0 amide bonds. The molecular weight excluding hydrogens is 717 g/mol. The Morgan fingerprint density at radius 1 is 0.345 bits per heavy atom. The number of benzene rings is 7. The lowest BCUT2D eigenvalue weighted by Crippen LogP contribution is -2.14. The molecule has 0 N–H and O–H groups in total. The minimum atomic E-state index is -0.0987. The zero-order valence-electron chi connectivity index (χ0n) is 31.4. The smallest absolute Gasteiger partial charge is 0.197 e. The van der Waals surface area contributed by atoms with Crippen LogP contribution in [0.5, 0.6) is 0 Å². The van der Waals surface area contributed by atoms with Crippen molar-refractivity contribution in [1.82, 2.24) is 8.80 Å². The van der Waals surface area contributed by atoms with E-state index in [1.807, 2.05) is 97.1 Å². The van der Waals surface area contributed by atoms with Crippen molar-refractivity contribution in [2.45, 2.75) is 38.0 Å². The van der Waals surface area contributed by atoms with Crippen LogP contribution >= 0.6 is 0 Å². The first-order chi connectivity index (χ1) is 28.4. The summed E-state index contributed by atoms with van der Waals surface area (Å²) in [5, 5.41) is 4.54. The van der Waals surface area contributed by atoms with E-state index in [2.05, 4.69) is 39.1 Å². The van der Waals surface area contributed by atoms with Crippen molar-refractivity contribution >= 4 is 76.2 Å². The number of hydrogen-bond donors (Lipinski definition) is 0.